The van der Waals surface area contributed by atoms with Gasteiger partial charge in [0.25, 0.3) is 0 Å². The highest BCUT2D eigenvalue weighted by molar-refractivity contribution is 5.57. The molecule has 0 fully saturated rings. The van der Waals surface area contributed by atoms with E-state index >= 15 is 0 Å². The maximum atomic E-state index is 13.0. The number of hydrogen-bond acceptors (Lipinski definition) is 2. The molecule has 6 heteroatoms. The summed E-state index contributed by atoms with van der Waals surface area (Å²) in [5.74, 6) is -1.63. The molecule has 17 heavy (non-hydrogen) atoms. The quantitative estimate of drug-likeness (QED) is 0.334. The minimum absolute atomic E-state index is 0.254. The normalized spacial score (nSPS) is 10.3. The van der Waals surface area contributed by atoms with E-state index in [1.807, 2.05) is 0 Å². The van der Waals surface area contributed by atoms with Gasteiger partial charge in [0.1, 0.15) is 5.75 Å². The lowest BCUT2D eigenvalue weighted by atomic mass is 10.1. The zero-order valence-electron chi connectivity index (χ0n) is 9.23. The predicted octanol–water partition coefficient (Wildman–Crippen LogP) is 3.69. The molecule has 0 saturated carbocycles. The highest BCUT2D eigenvalue weighted by Crippen LogP contribution is 2.23. The molecule has 0 atom stereocenters. The number of nitrogens with zero attached hydrogens (tertiary/aromatic N) is 3. The Morgan fingerprint density at radius 1 is 1.41 bits per heavy atom. The topological polar surface area (TPSA) is 58.0 Å². The standard InChI is InChI=1S/C11H11F2N3O/c1-17-11-7-10(13)9(12)6-8(11)4-2-3-5-15-16-14/h2,4,6-7H,3,5H2,1H3. The summed E-state index contributed by atoms with van der Waals surface area (Å²) in [6, 6.07) is 2.04. The van der Waals surface area contributed by atoms with E-state index in [9.17, 15) is 8.78 Å². The predicted molar refractivity (Wildman–Crippen MR) is 60.6 cm³/mol. The van der Waals surface area contributed by atoms with Gasteiger partial charge in [0, 0.05) is 23.1 Å². The lowest BCUT2D eigenvalue weighted by molar-refractivity contribution is 0.405. The van der Waals surface area contributed by atoms with Crippen LogP contribution in [0.3, 0.4) is 0 Å². The second-order valence-corrected chi connectivity index (χ2v) is 3.15. The third-order valence-electron chi connectivity index (χ3n) is 2.03. The van der Waals surface area contributed by atoms with Crippen LogP contribution in [-0.2, 0) is 0 Å². The minimum atomic E-state index is -0.951. The Morgan fingerprint density at radius 2 is 2.12 bits per heavy atom. The van der Waals surface area contributed by atoms with E-state index in [4.69, 9.17) is 10.3 Å². The molecule has 0 heterocycles. The van der Waals surface area contributed by atoms with Gasteiger partial charge >= 0.3 is 0 Å². The molecule has 0 aliphatic carbocycles. The minimum Gasteiger partial charge on any atom is -0.496 e. The first-order valence-electron chi connectivity index (χ1n) is 4.89. The first-order chi connectivity index (χ1) is 8.19. The third kappa shape index (κ3) is 3.77. The van der Waals surface area contributed by atoms with Crippen molar-refractivity contribution < 1.29 is 13.5 Å². The van der Waals surface area contributed by atoms with E-state index in [1.165, 1.54) is 7.11 Å². The lowest BCUT2D eigenvalue weighted by Crippen LogP contribution is -1.92. The van der Waals surface area contributed by atoms with E-state index in [2.05, 4.69) is 10.0 Å². The second-order valence-electron chi connectivity index (χ2n) is 3.15. The molecule has 0 aromatic heterocycles. The summed E-state index contributed by atoms with van der Waals surface area (Å²) < 4.78 is 30.8. The van der Waals surface area contributed by atoms with Gasteiger partial charge in [-0.2, -0.15) is 0 Å². The highest BCUT2D eigenvalue weighted by atomic mass is 19.2. The first-order valence-corrected chi connectivity index (χ1v) is 4.89. The second kappa shape index (κ2) is 6.50. The fraction of sp³-hybridized carbons (Fsp3) is 0.273. The molecule has 0 amide bonds. The van der Waals surface area contributed by atoms with Crippen LogP contribution in [0.2, 0.25) is 0 Å². The summed E-state index contributed by atoms with van der Waals surface area (Å²) in [7, 11) is 1.38. The van der Waals surface area contributed by atoms with Crippen LogP contribution in [0.1, 0.15) is 12.0 Å². The maximum Gasteiger partial charge on any atom is 0.162 e. The molecule has 0 spiro atoms. The molecule has 1 aromatic carbocycles. The summed E-state index contributed by atoms with van der Waals surface area (Å²) in [5, 5.41) is 3.34. The molecule has 0 aliphatic rings. The van der Waals surface area contributed by atoms with Gasteiger partial charge in [-0.3, -0.25) is 0 Å². The molecular formula is C11H11F2N3O. The zero-order valence-corrected chi connectivity index (χ0v) is 9.23. The van der Waals surface area contributed by atoms with Gasteiger partial charge in [0.05, 0.1) is 7.11 Å². The van der Waals surface area contributed by atoms with Crippen LogP contribution < -0.4 is 4.74 Å². The van der Waals surface area contributed by atoms with E-state index < -0.39 is 11.6 Å². The van der Waals surface area contributed by atoms with E-state index in [0.29, 0.717) is 18.5 Å². The molecule has 1 aromatic rings. The molecule has 4 nitrogen and oxygen atoms in total. The number of rotatable bonds is 5. The SMILES string of the molecule is COc1cc(F)c(F)cc1C=CCCN=[N+]=[N-]. The monoisotopic (exact) mass is 239 g/mol. The average Bonchev–Trinajstić information content (AvgIpc) is 2.33. The van der Waals surface area contributed by atoms with Gasteiger partial charge < -0.3 is 4.74 Å². The number of methoxy groups -OCH3 is 1. The van der Waals surface area contributed by atoms with Crippen LogP contribution in [0, 0.1) is 11.6 Å². The fourth-order valence-electron chi connectivity index (χ4n) is 1.24. The highest BCUT2D eigenvalue weighted by Gasteiger charge is 2.07. The maximum absolute atomic E-state index is 13.0. The van der Waals surface area contributed by atoms with Crippen LogP contribution in [0.15, 0.2) is 23.3 Å². The van der Waals surface area contributed by atoms with Crippen LogP contribution in [-0.4, -0.2) is 13.7 Å². The van der Waals surface area contributed by atoms with Gasteiger partial charge in [-0.15, -0.1) is 0 Å². The van der Waals surface area contributed by atoms with Crippen molar-refractivity contribution in [2.45, 2.75) is 6.42 Å². The molecule has 0 radical (unpaired) electrons. The van der Waals surface area contributed by atoms with Crippen molar-refractivity contribution in [2.75, 3.05) is 13.7 Å². The summed E-state index contributed by atoms with van der Waals surface area (Å²) in [5.41, 5.74) is 8.49. The van der Waals surface area contributed by atoms with Crippen molar-refractivity contribution >= 4 is 6.08 Å². The molecule has 0 saturated heterocycles. The number of azide groups is 1. The lowest BCUT2D eigenvalue weighted by Gasteiger charge is -2.05. The Morgan fingerprint density at radius 3 is 2.76 bits per heavy atom. The summed E-state index contributed by atoms with van der Waals surface area (Å²) in [6.07, 6.45) is 3.81. The van der Waals surface area contributed by atoms with Crippen LogP contribution in [0.5, 0.6) is 5.75 Å². The van der Waals surface area contributed by atoms with Crippen molar-refractivity contribution in [3.05, 3.63) is 45.8 Å². The van der Waals surface area contributed by atoms with E-state index in [-0.39, 0.29) is 5.75 Å². The van der Waals surface area contributed by atoms with Gasteiger partial charge in [-0.05, 0) is 18.0 Å². The zero-order chi connectivity index (χ0) is 12.7. The largest absolute Gasteiger partial charge is 0.496 e. The number of benzene rings is 1. The summed E-state index contributed by atoms with van der Waals surface area (Å²) in [6.45, 7) is 0.318. The van der Waals surface area contributed by atoms with Crippen molar-refractivity contribution in [1.82, 2.24) is 0 Å². The first kappa shape index (κ1) is 13.0. The van der Waals surface area contributed by atoms with Crippen molar-refractivity contribution in [2.24, 2.45) is 5.11 Å². The summed E-state index contributed by atoms with van der Waals surface area (Å²) >= 11 is 0. The molecule has 1 rings (SSSR count). The average molecular weight is 239 g/mol. The Labute approximate surface area is 97.1 Å². The molecule has 0 bridgehead atoms. The molecular weight excluding hydrogens is 228 g/mol. The van der Waals surface area contributed by atoms with Crippen LogP contribution >= 0.6 is 0 Å². The smallest absolute Gasteiger partial charge is 0.162 e. The fourth-order valence-corrected chi connectivity index (χ4v) is 1.24. The Balaban J connectivity index is 2.82. The van der Waals surface area contributed by atoms with Crippen LogP contribution in [0.25, 0.3) is 16.5 Å². The molecule has 0 aliphatic heterocycles. The summed E-state index contributed by atoms with van der Waals surface area (Å²) in [4.78, 5) is 2.60. The molecule has 0 unspecified atom stereocenters. The molecule has 0 N–H and O–H groups in total. The number of halogens is 2. The third-order valence-corrected chi connectivity index (χ3v) is 2.03. The Bertz CT molecular complexity index is 468. The van der Waals surface area contributed by atoms with Crippen molar-refractivity contribution in [3.8, 4) is 5.75 Å². The Hall–Kier alpha value is -2.07. The molecule has 90 valence electrons. The van der Waals surface area contributed by atoms with E-state index in [0.717, 1.165) is 12.1 Å². The number of hydrogen-bond donors (Lipinski definition) is 0. The van der Waals surface area contributed by atoms with E-state index in [1.54, 1.807) is 12.2 Å². The van der Waals surface area contributed by atoms with Gasteiger partial charge in [-0.25, -0.2) is 8.78 Å². The Kier molecular flexibility index (Phi) is 4.97. The van der Waals surface area contributed by atoms with Gasteiger partial charge in [0.15, 0.2) is 11.6 Å². The van der Waals surface area contributed by atoms with Crippen molar-refractivity contribution in [1.29, 1.82) is 0 Å². The van der Waals surface area contributed by atoms with Crippen LogP contribution in [0.4, 0.5) is 8.78 Å². The van der Waals surface area contributed by atoms with Gasteiger partial charge in [0.2, 0.25) is 0 Å². The number of ether oxygens (including phenoxy) is 1. The van der Waals surface area contributed by atoms with Crippen molar-refractivity contribution in [3.63, 3.8) is 0 Å². The van der Waals surface area contributed by atoms with Gasteiger partial charge in [-0.1, -0.05) is 17.3 Å².